The summed E-state index contributed by atoms with van der Waals surface area (Å²) in [5, 5.41) is 20.2. The van der Waals surface area contributed by atoms with E-state index in [-0.39, 0.29) is 0 Å². The van der Waals surface area contributed by atoms with E-state index in [1.54, 1.807) is 18.2 Å². The van der Waals surface area contributed by atoms with Crippen molar-refractivity contribution in [3.63, 3.8) is 0 Å². The molecule has 1 N–H and O–H groups in total. The molecule has 0 aliphatic rings. The lowest BCUT2D eigenvalue weighted by Gasteiger charge is -2.09. The van der Waals surface area contributed by atoms with Gasteiger partial charge < -0.3 is 9.67 Å². The summed E-state index contributed by atoms with van der Waals surface area (Å²) in [6, 6.07) is 20.4. The van der Waals surface area contributed by atoms with Crippen LogP contribution in [0.25, 0.3) is 39.0 Å². The molecule has 166 valence electrons. The zero-order valence-corrected chi connectivity index (χ0v) is 18.5. The summed E-state index contributed by atoms with van der Waals surface area (Å²) in [4.78, 5) is 11.1. The van der Waals surface area contributed by atoms with Gasteiger partial charge in [-0.2, -0.15) is 5.26 Å². The molecule has 0 saturated heterocycles. The van der Waals surface area contributed by atoms with Crippen LogP contribution in [-0.2, 0) is 11.3 Å². The number of fused-ring (bicyclic) bond motifs is 3. The molecule has 0 aliphatic carbocycles. The Balaban J connectivity index is 1.75. The maximum atomic E-state index is 15.0. The van der Waals surface area contributed by atoms with Crippen LogP contribution in [0.2, 0.25) is 0 Å². The lowest BCUT2D eigenvalue weighted by Crippen LogP contribution is -1.98. The lowest BCUT2D eigenvalue weighted by atomic mass is 10.00. The van der Waals surface area contributed by atoms with Crippen LogP contribution in [0.5, 0.6) is 0 Å². The van der Waals surface area contributed by atoms with Gasteiger partial charge >= 0.3 is 5.97 Å². The third-order valence-electron chi connectivity index (χ3n) is 5.97. The summed E-state index contributed by atoms with van der Waals surface area (Å²) in [5.41, 5.74) is 3.40. The Bertz CT molecular complexity index is 1410. The molecule has 0 aliphatic heterocycles. The third kappa shape index (κ3) is 4.51. The number of aromatic nitrogens is 1. The monoisotopic (exact) mass is 440 g/mol. The van der Waals surface area contributed by atoms with Crippen LogP contribution in [0.4, 0.5) is 4.39 Å². The Kier molecular flexibility index (Phi) is 6.55. The number of rotatable bonds is 8. The number of halogens is 1. The van der Waals surface area contributed by atoms with Gasteiger partial charge in [0.15, 0.2) is 0 Å². The molecule has 1 aromatic heterocycles. The predicted octanol–water partition coefficient (Wildman–Crippen LogP) is 7.17. The number of para-hydroxylation sites is 1. The minimum Gasteiger partial charge on any atom is -0.477 e. The largest absolute Gasteiger partial charge is 0.477 e. The first kappa shape index (κ1) is 22.3. The van der Waals surface area contributed by atoms with Crippen molar-refractivity contribution < 1.29 is 14.3 Å². The van der Waals surface area contributed by atoms with Gasteiger partial charge in [0, 0.05) is 33.9 Å². The summed E-state index contributed by atoms with van der Waals surface area (Å²) >= 11 is 0. The van der Waals surface area contributed by atoms with Gasteiger partial charge in [-0.3, -0.25) is 0 Å². The zero-order valence-electron chi connectivity index (χ0n) is 18.5. The quantitative estimate of drug-likeness (QED) is 0.179. The molecule has 0 fully saturated rings. The van der Waals surface area contributed by atoms with Crippen molar-refractivity contribution in [2.45, 2.75) is 39.2 Å². The molecule has 0 spiro atoms. The van der Waals surface area contributed by atoms with Gasteiger partial charge in [-0.15, -0.1) is 0 Å². The molecular weight excluding hydrogens is 415 g/mol. The van der Waals surface area contributed by atoms with E-state index in [9.17, 15) is 9.18 Å². The lowest BCUT2D eigenvalue weighted by molar-refractivity contribution is -0.132. The maximum absolute atomic E-state index is 15.0. The summed E-state index contributed by atoms with van der Waals surface area (Å²) in [7, 11) is 0. The van der Waals surface area contributed by atoms with Gasteiger partial charge in [-0.1, -0.05) is 62.6 Å². The molecule has 0 amide bonds. The number of nitriles is 1. The van der Waals surface area contributed by atoms with Crippen molar-refractivity contribution in [3.05, 3.63) is 77.6 Å². The van der Waals surface area contributed by atoms with Crippen molar-refractivity contribution in [1.29, 1.82) is 5.26 Å². The van der Waals surface area contributed by atoms with Crippen molar-refractivity contribution in [1.82, 2.24) is 4.57 Å². The SMILES string of the molecule is CCCCCCn1c2ccccc2c2cc(-c3ccc(/C=C(/C#N)C(=O)O)cc3F)ccc21. The van der Waals surface area contributed by atoms with E-state index >= 15 is 0 Å². The van der Waals surface area contributed by atoms with Crippen LogP contribution in [0.1, 0.15) is 38.2 Å². The normalized spacial score (nSPS) is 11.7. The van der Waals surface area contributed by atoms with Gasteiger partial charge in [-0.25, -0.2) is 9.18 Å². The topological polar surface area (TPSA) is 66.0 Å². The maximum Gasteiger partial charge on any atom is 0.346 e. The van der Waals surface area contributed by atoms with Crippen molar-refractivity contribution in [2.75, 3.05) is 0 Å². The summed E-state index contributed by atoms with van der Waals surface area (Å²) in [5.74, 6) is -1.80. The smallest absolute Gasteiger partial charge is 0.346 e. The van der Waals surface area contributed by atoms with E-state index in [1.807, 2.05) is 24.3 Å². The first-order chi connectivity index (χ1) is 16.0. The second-order valence-electron chi connectivity index (χ2n) is 8.18. The number of benzene rings is 3. The Morgan fingerprint density at radius 2 is 1.82 bits per heavy atom. The average Bonchev–Trinajstić information content (AvgIpc) is 3.13. The van der Waals surface area contributed by atoms with E-state index < -0.39 is 17.4 Å². The number of carbonyl (C=O) groups is 1. The van der Waals surface area contributed by atoms with Gasteiger partial charge in [0.25, 0.3) is 0 Å². The second-order valence-corrected chi connectivity index (χ2v) is 8.18. The summed E-state index contributed by atoms with van der Waals surface area (Å²) < 4.78 is 17.3. The van der Waals surface area contributed by atoms with Crippen molar-refractivity contribution in [2.24, 2.45) is 0 Å². The van der Waals surface area contributed by atoms with Crippen LogP contribution in [-0.4, -0.2) is 15.6 Å². The van der Waals surface area contributed by atoms with Gasteiger partial charge in [0.05, 0.1) is 0 Å². The number of unbranched alkanes of at least 4 members (excludes halogenated alkanes) is 3. The average molecular weight is 441 g/mol. The highest BCUT2D eigenvalue weighted by atomic mass is 19.1. The van der Waals surface area contributed by atoms with E-state index in [1.165, 1.54) is 36.9 Å². The molecule has 0 unspecified atom stereocenters. The molecule has 33 heavy (non-hydrogen) atoms. The van der Waals surface area contributed by atoms with E-state index in [0.29, 0.717) is 11.1 Å². The summed E-state index contributed by atoms with van der Waals surface area (Å²) in [6.45, 7) is 3.15. The van der Waals surface area contributed by atoms with Gasteiger partial charge in [0.1, 0.15) is 17.5 Å². The number of hydrogen-bond acceptors (Lipinski definition) is 2. The van der Waals surface area contributed by atoms with Crippen LogP contribution < -0.4 is 0 Å². The van der Waals surface area contributed by atoms with Crippen LogP contribution >= 0.6 is 0 Å². The molecule has 5 heteroatoms. The molecular formula is C28H25FN2O2. The Morgan fingerprint density at radius 3 is 2.55 bits per heavy atom. The molecule has 4 rings (SSSR count). The highest BCUT2D eigenvalue weighted by Crippen LogP contribution is 2.34. The fourth-order valence-electron chi connectivity index (χ4n) is 4.32. The van der Waals surface area contributed by atoms with E-state index in [0.717, 1.165) is 34.8 Å². The molecule has 4 aromatic rings. The Morgan fingerprint density at radius 1 is 1.03 bits per heavy atom. The second kappa shape index (κ2) is 9.70. The number of aryl methyl sites for hydroxylation is 1. The van der Waals surface area contributed by atoms with Crippen LogP contribution in [0.3, 0.4) is 0 Å². The van der Waals surface area contributed by atoms with Gasteiger partial charge in [0.2, 0.25) is 0 Å². The first-order valence-corrected chi connectivity index (χ1v) is 11.2. The minimum atomic E-state index is -1.33. The highest BCUT2D eigenvalue weighted by molar-refractivity contribution is 6.09. The standard InChI is InChI=1S/C28H25FN2O2/c1-2-3-4-7-14-31-26-9-6-5-8-23(26)24-17-20(11-13-27(24)31)22-12-10-19(16-25(22)29)15-21(18-30)28(32)33/h5-6,8-13,15-17H,2-4,7,14H2,1H3,(H,32,33)/b21-15-. The molecule has 0 saturated carbocycles. The minimum absolute atomic E-state index is 0.333. The molecule has 0 radical (unpaired) electrons. The molecule has 0 bridgehead atoms. The predicted molar refractivity (Wildman–Crippen MR) is 130 cm³/mol. The number of carboxylic acid groups (broad SMARTS) is 1. The number of aliphatic carboxylic acids is 1. The fourth-order valence-corrected chi connectivity index (χ4v) is 4.32. The van der Waals surface area contributed by atoms with Crippen LogP contribution in [0.15, 0.2) is 66.2 Å². The number of nitrogens with zero attached hydrogens (tertiary/aromatic N) is 2. The molecule has 4 nitrogen and oxygen atoms in total. The molecule has 3 aromatic carbocycles. The number of carboxylic acids is 1. The van der Waals surface area contributed by atoms with Gasteiger partial charge in [-0.05, 0) is 47.9 Å². The number of hydrogen-bond donors (Lipinski definition) is 1. The van der Waals surface area contributed by atoms with E-state index in [4.69, 9.17) is 10.4 Å². The third-order valence-corrected chi connectivity index (χ3v) is 5.97. The Hall–Kier alpha value is -3.91. The summed E-state index contributed by atoms with van der Waals surface area (Å²) in [6.07, 6.45) is 5.92. The van der Waals surface area contributed by atoms with Crippen molar-refractivity contribution >= 4 is 33.9 Å². The fraction of sp³-hybridized carbons (Fsp3) is 0.214. The molecule has 0 atom stereocenters. The van der Waals surface area contributed by atoms with E-state index in [2.05, 4.69) is 29.7 Å². The molecule has 1 heterocycles. The van der Waals surface area contributed by atoms with Crippen molar-refractivity contribution in [3.8, 4) is 17.2 Å². The first-order valence-electron chi connectivity index (χ1n) is 11.2. The zero-order chi connectivity index (χ0) is 23.4. The Labute approximate surface area is 192 Å². The highest BCUT2D eigenvalue weighted by Gasteiger charge is 2.14. The van der Waals surface area contributed by atoms with Crippen LogP contribution in [0, 0.1) is 17.1 Å².